The van der Waals surface area contributed by atoms with Gasteiger partial charge in [0.05, 0.1) is 23.4 Å². The number of carbonyl (C=O) groups is 1. The molecule has 0 N–H and O–H groups in total. The Balaban J connectivity index is 0.00000320. The van der Waals surface area contributed by atoms with Crippen molar-refractivity contribution in [2.24, 2.45) is 0 Å². The van der Waals surface area contributed by atoms with Crippen LogP contribution >= 0.6 is 23.7 Å². The van der Waals surface area contributed by atoms with E-state index in [9.17, 15) is 4.79 Å². The fraction of sp³-hybridized carbons (Fsp3) is 0.364. The molecule has 0 spiro atoms. The molecule has 8 heteroatoms. The molecule has 2 aromatic carbocycles. The maximum absolute atomic E-state index is 13.4. The van der Waals surface area contributed by atoms with Crippen molar-refractivity contribution in [1.82, 2.24) is 9.88 Å². The molecule has 30 heavy (non-hydrogen) atoms. The Hall–Kier alpha value is -2.35. The lowest BCUT2D eigenvalue weighted by atomic mass is 10.1. The highest BCUT2D eigenvalue weighted by Crippen LogP contribution is 2.32. The van der Waals surface area contributed by atoms with E-state index in [0.717, 1.165) is 16.8 Å². The van der Waals surface area contributed by atoms with Gasteiger partial charge in [0.25, 0.3) is 5.91 Å². The molecule has 0 radical (unpaired) electrons. The van der Waals surface area contributed by atoms with E-state index in [4.69, 9.17) is 14.5 Å². The Morgan fingerprint density at radius 2 is 1.70 bits per heavy atom. The van der Waals surface area contributed by atoms with E-state index in [2.05, 4.69) is 4.90 Å². The van der Waals surface area contributed by atoms with Crippen LogP contribution in [0.25, 0.3) is 10.2 Å². The lowest BCUT2D eigenvalue weighted by molar-refractivity contribution is 0.0984. The summed E-state index contributed by atoms with van der Waals surface area (Å²) in [5, 5.41) is 0.699. The largest absolute Gasteiger partial charge is 0.490 e. The van der Waals surface area contributed by atoms with Gasteiger partial charge >= 0.3 is 0 Å². The highest BCUT2D eigenvalue weighted by atomic mass is 35.5. The SMILES string of the molecule is CCOc1ccc(C(=O)N(CCN(C)C)c2nc3ccccc3s2)cc1OCC.Cl. The minimum absolute atomic E-state index is 0. The fourth-order valence-electron chi connectivity index (χ4n) is 2.90. The topological polar surface area (TPSA) is 54.9 Å². The first kappa shape index (κ1) is 23.9. The van der Waals surface area contributed by atoms with Crippen molar-refractivity contribution in [2.75, 3.05) is 45.3 Å². The van der Waals surface area contributed by atoms with Crippen LogP contribution < -0.4 is 14.4 Å². The van der Waals surface area contributed by atoms with Crippen molar-refractivity contribution in [3.05, 3.63) is 48.0 Å². The molecule has 0 aliphatic carbocycles. The number of anilines is 1. The third kappa shape index (κ3) is 5.62. The molecule has 3 rings (SSSR count). The summed E-state index contributed by atoms with van der Waals surface area (Å²) in [4.78, 5) is 21.9. The summed E-state index contributed by atoms with van der Waals surface area (Å²) in [6.07, 6.45) is 0. The van der Waals surface area contributed by atoms with Crippen molar-refractivity contribution in [1.29, 1.82) is 0 Å². The zero-order valence-corrected chi connectivity index (χ0v) is 19.4. The van der Waals surface area contributed by atoms with Crippen LogP contribution in [0.2, 0.25) is 0 Å². The predicted octanol–water partition coefficient (Wildman–Crippen LogP) is 4.72. The third-order valence-corrected chi connectivity index (χ3v) is 5.38. The average Bonchev–Trinajstić information content (AvgIpc) is 3.13. The smallest absolute Gasteiger partial charge is 0.260 e. The zero-order chi connectivity index (χ0) is 20.8. The minimum atomic E-state index is -0.102. The summed E-state index contributed by atoms with van der Waals surface area (Å²) in [7, 11) is 3.98. The first-order valence-corrected chi connectivity index (χ1v) is 10.6. The van der Waals surface area contributed by atoms with Crippen LogP contribution in [-0.2, 0) is 0 Å². The molecule has 1 aromatic heterocycles. The van der Waals surface area contributed by atoms with Crippen molar-refractivity contribution < 1.29 is 14.3 Å². The maximum Gasteiger partial charge on any atom is 0.260 e. The minimum Gasteiger partial charge on any atom is -0.490 e. The highest BCUT2D eigenvalue weighted by molar-refractivity contribution is 7.22. The van der Waals surface area contributed by atoms with Crippen LogP contribution in [0, 0.1) is 0 Å². The van der Waals surface area contributed by atoms with Gasteiger partial charge in [-0.2, -0.15) is 0 Å². The van der Waals surface area contributed by atoms with Gasteiger partial charge in [-0.3, -0.25) is 9.69 Å². The number of aromatic nitrogens is 1. The first-order chi connectivity index (χ1) is 14.0. The predicted molar refractivity (Wildman–Crippen MR) is 126 cm³/mol. The van der Waals surface area contributed by atoms with Gasteiger partial charge in [0.15, 0.2) is 16.6 Å². The lowest BCUT2D eigenvalue weighted by Crippen LogP contribution is -2.36. The summed E-state index contributed by atoms with van der Waals surface area (Å²) in [5.74, 6) is 1.12. The number of likely N-dealkylation sites (N-methyl/N-ethyl adjacent to an activating group) is 1. The molecule has 3 aromatic rings. The molecule has 1 amide bonds. The summed E-state index contributed by atoms with van der Waals surface area (Å²) in [5.41, 5.74) is 1.45. The molecular formula is C22H28ClN3O3S. The number of fused-ring (bicyclic) bond motifs is 1. The quantitative estimate of drug-likeness (QED) is 0.473. The Bertz CT molecular complexity index is 944. The second kappa shape index (κ2) is 11.2. The Labute approximate surface area is 187 Å². The first-order valence-electron chi connectivity index (χ1n) is 9.75. The number of carbonyl (C=O) groups excluding carboxylic acids is 1. The molecule has 0 atom stereocenters. The van der Waals surface area contributed by atoms with Gasteiger partial charge in [-0.25, -0.2) is 4.98 Å². The van der Waals surface area contributed by atoms with Gasteiger partial charge in [-0.15, -0.1) is 12.4 Å². The summed E-state index contributed by atoms with van der Waals surface area (Å²) < 4.78 is 12.4. The molecular weight excluding hydrogens is 422 g/mol. The summed E-state index contributed by atoms with van der Waals surface area (Å²) >= 11 is 1.53. The van der Waals surface area contributed by atoms with E-state index >= 15 is 0 Å². The standard InChI is InChI=1S/C22H27N3O3S.ClH/c1-5-27-18-12-11-16(15-19(18)28-6-2)21(26)25(14-13-24(3)4)22-23-17-9-7-8-10-20(17)29-22;/h7-12,15H,5-6,13-14H2,1-4H3;1H. The van der Waals surface area contributed by atoms with E-state index in [1.54, 1.807) is 23.1 Å². The second-order valence-electron chi connectivity index (χ2n) is 6.75. The van der Waals surface area contributed by atoms with Crippen molar-refractivity contribution in [2.45, 2.75) is 13.8 Å². The van der Waals surface area contributed by atoms with Crippen LogP contribution in [-0.4, -0.2) is 56.2 Å². The van der Waals surface area contributed by atoms with Gasteiger partial charge in [0.1, 0.15) is 0 Å². The molecule has 0 fully saturated rings. The molecule has 0 aliphatic rings. The number of rotatable bonds is 9. The van der Waals surface area contributed by atoms with Crippen LogP contribution in [0.1, 0.15) is 24.2 Å². The summed E-state index contributed by atoms with van der Waals surface area (Å²) in [6, 6.07) is 13.3. The molecule has 0 aliphatic heterocycles. The molecule has 0 bridgehead atoms. The number of hydrogen-bond acceptors (Lipinski definition) is 6. The number of amides is 1. The van der Waals surface area contributed by atoms with Crippen LogP contribution in [0.3, 0.4) is 0 Å². The van der Waals surface area contributed by atoms with E-state index in [-0.39, 0.29) is 18.3 Å². The molecule has 6 nitrogen and oxygen atoms in total. The molecule has 0 saturated heterocycles. The van der Waals surface area contributed by atoms with Crippen molar-refractivity contribution >= 4 is 45.0 Å². The number of benzene rings is 2. The van der Waals surface area contributed by atoms with Crippen LogP contribution in [0.15, 0.2) is 42.5 Å². The van der Waals surface area contributed by atoms with E-state index in [0.29, 0.717) is 42.0 Å². The normalized spacial score (nSPS) is 10.7. The highest BCUT2D eigenvalue weighted by Gasteiger charge is 2.22. The Kier molecular flexibility index (Phi) is 8.89. The summed E-state index contributed by atoms with van der Waals surface area (Å²) in [6.45, 7) is 6.15. The van der Waals surface area contributed by atoms with Gasteiger partial charge in [0, 0.05) is 18.7 Å². The monoisotopic (exact) mass is 449 g/mol. The van der Waals surface area contributed by atoms with Crippen molar-refractivity contribution in [3.8, 4) is 11.5 Å². The zero-order valence-electron chi connectivity index (χ0n) is 17.8. The van der Waals surface area contributed by atoms with Gasteiger partial charge in [0.2, 0.25) is 0 Å². The van der Waals surface area contributed by atoms with E-state index < -0.39 is 0 Å². The Morgan fingerprint density at radius 1 is 1.00 bits per heavy atom. The number of para-hydroxylation sites is 1. The van der Waals surface area contributed by atoms with Crippen LogP contribution in [0.4, 0.5) is 5.13 Å². The van der Waals surface area contributed by atoms with Gasteiger partial charge in [-0.1, -0.05) is 23.5 Å². The van der Waals surface area contributed by atoms with Gasteiger partial charge < -0.3 is 14.4 Å². The maximum atomic E-state index is 13.4. The van der Waals surface area contributed by atoms with E-state index in [1.807, 2.05) is 52.2 Å². The van der Waals surface area contributed by atoms with Gasteiger partial charge in [-0.05, 0) is 58.3 Å². The lowest BCUT2D eigenvalue weighted by Gasteiger charge is -2.22. The number of ether oxygens (including phenoxy) is 2. The fourth-order valence-corrected chi connectivity index (χ4v) is 3.89. The molecule has 162 valence electrons. The van der Waals surface area contributed by atoms with Crippen molar-refractivity contribution in [3.63, 3.8) is 0 Å². The van der Waals surface area contributed by atoms with E-state index in [1.165, 1.54) is 11.3 Å². The number of halogens is 1. The number of hydrogen-bond donors (Lipinski definition) is 0. The van der Waals surface area contributed by atoms with Crippen LogP contribution in [0.5, 0.6) is 11.5 Å². The number of thiazole rings is 1. The average molecular weight is 450 g/mol. The molecule has 0 saturated carbocycles. The molecule has 0 unspecified atom stereocenters. The number of nitrogens with zero attached hydrogens (tertiary/aromatic N) is 3. The third-order valence-electron chi connectivity index (χ3n) is 4.32. The second-order valence-corrected chi connectivity index (χ2v) is 7.76. The molecule has 1 heterocycles. The Morgan fingerprint density at radius 3 is 2.37 bits per heavy atom.